The summed E-state index contributed by atoms with van der Waals surface area (Å²) in [5.41, 5.74) is 1.64. The lowest BCUT2D eigenvalue weighted by Crippen LogP contribution is -2.47. The highest BCUT2D eigenvalue weighted by Crippen LogP contribution is 2.30. The first kappa shape index (κ1) is 21.2. The quantitative estimate of drug-likeness (QED) is 0.734. The Morgan fingerprint density at radius 3 is 2.41 bits per heavy atom. The van der Waals surface area contributed by atoms with Gasteiger partial charge in [-0.15, -0.1) is 0 Å². The third kappa shape index (κ3) is 4.19. The van der Waals surface area contributed by atoms with Gasteiger partial charge in [0.15, 0.2) is 0 Å². The lowest BCUT2D eigenvalue weighted by atomic mass is 9.92. The Kier molecular flexibility index (Phi) is 6.03. The minimum Gasteiger partial charge on any atom is -0.356 e. The van der Waals surface area contributed by atoms with Crippen LogP contribution in [0.25, 0.3) is 10.9 Å². The standard InChI is InChI=1S/C26H34N4O2/c1-19-7-6-14-30(18-19)25(31)20-10-15-29(16-11-20)26(32)22-17-21-8-2-3-9-23(21)27-24(22)28-12-4-5-13-28/h2-3,8-9,17,19-20H,4-7,10-16,18H2,1H3. The molecule has 3 aliphatic heterocycles. The van der Waals surface area contributed by atoms with Crippen LogP contribution in [0.5, 0.6) is 0 Å². The average Bonchev–Trinajstić information content (AvgIpc) is 3.37. The van der Waals surface area contributed by atoms with Gasteiger partial charge in [-0.2, -0.15) is 0 Å². The largest absolute Gasteiger partial charge is 0.356 e. The molecule has 5 rings (SSSR count). The molecule has 0 radical (unpaired) electrons. The minimum atomic E-state index is 0.0529. The number of piperidine rings is 2. The highest BCUT2D eigenvalue weighted by Gasteiger charge is 2.33. The molecule has 2 amide bonds. The van der Waals surface area contributed by atoms with Gasteiger partial charge in [0.1, 0.15) is 5.82 Å². The van der Waals surface area contributed by atoms with Gasteiger partial charge in [0.25, 0.3) is 5.91 Å². The molecular weight excluding hydrogens is 400 g/mol. The summed E-state index contributed by atoms with van der Waals surface area (Å²) < 4.78 is 0. The molecule has 0 spiro atoms. The van der Waals surface area contributed by atoms with Crippen LogP contribution in [0, 0.1) is 11.8 Å². The van der Waals surface area contributed by atoms with E-state index in [0.29, 0.717) is 30.5 Å². The molecule has 2 aromatic rings. The second-order valence-corrected chi connectivity index (χ2v) is 9.84. The van der Waals surface area contributed by atoms with Crippen molar-refractivity contribution >= 4 is 28.5 Å². The Balaban J connectivity index is 1.31. The Hall–Kier alpha value is -2.63. The first-order valence-corrected chi connectivity index (χ1v) is 12.3. The lowest BCUT2D eigenvalue weighted by molar-refractivity contribution is -0.138. The summed E-state index contributed by atoms with van der Waals surface area (Å²) in [6.07, 6.45) is 6.13. The van der Waals surface area contributed by atoms with Gasteiger partial charge in [-0.1, -0.05) is 25.1 Å². The van der Waals surface area contributed by atoms with Crippen molar-refractivity contribution in [3.8, 4) is 0 Å². The summed E-state index contributed by atoms with van der Waals surface area (Å²) in [5, 5.41) is 1.00. The van der Waals surface area contributed by atoms with E-state index in [1.54, 1.807) is 0 Å². The molecule has 3 fully saturated rings. The van der Waals surface area contributed by atoms with E-state index in [1.807, 2.05) is 35.2 Å². The maximum atomic E-state index is 13.6. The maximum absolute atomic E-state index is 13.6. The first-order chi connectivity index (χ1) is 15.6. The summed E-state index contributed by atoms with van der Waals surface area (Å²) in [6.45, 7) is 7.21. The molecule has 0 N–H and O–H groups in total. The van der Waals surface area contributed by atoms with Crippen molar-refractivity contribution in [2.45, 2.75) is 45.4 Å². The van der Waals surface area contributed by atoms with E-state index in [0.717, 1.165) is 75.0 Å². The fourth-order valence-corrected chi connectivity index (χ4v) is 5.58. The van der Waals surface area contributed by atoms with Crippen molar-refractivity contribution < 1.29 is 9.59 Å². The average molecular weight is 435 g/mol. The SMILES string of the molecule is CC1CCCN(C(=O)C2CCN(C(=O)c3cc4ccccc4nc3N3CCCC3)CC2)C1. The minimum absolute atomic E-state index is 0.0529. The maximum Gasteiger partial charge on any atom is 0.257 e. The van der Waals surface area contributed by atoms with Crippen molar-refractivity contribution in [3.63, 3.8) is 0 Å². The van der Waals surface area contributed by atoms with Gasteiger partial charge in [-0.25, -0.2) is 4.98 Å². The van der Waals surface area contributed by atoms with E-state index in [-0.39, 0.29) is 11.8 Å². The normalized spacial score (nSPS) is 22.5. The molecule has 32 heavy (non-hydrogen) atoms. The van der Waals surface area contributed by atoms with Crippen LogP contribution in [0.15, 0.2) is 30.3 Å². The number of pyridine rings is 1. The molecule has 3 saturated heterocycles. The highest BCUT2D eigenvalue weighted by molar-refractivity contribution is 6.02. The topological polar surface area (TPSA) is 56.8 Å². The first-order valence-electron chi connectivity index (χ1n) is 12.3. The van der Waals surface area contributed by atoms with E-state index in [4.69, 9.17) is 4.98 Å². The lowest BCUT2D eigenvalue weighted by Gasteiger charge is -2.37. The Bertz CT molecular complexity index is 992. The summed E-state index contributed by atoms with van der Waals surface area (Å²) in [5.74, 6) is 1.83. The molecule has 6 heteroatoms. The number of para-hydroxylation sites is 1. The molecular formula is C26H34N4O2. The zero-order valence-corrected chi connectivity index (χ0v) is 19.1. The monoisotopic (exact) mass is 434 g/mol. The zero-order valence-electron chi connectivity index (χ0n) is 19.1. The van der Waals surface area contributed by atoms with Gasteiger partial charge in [0, 0.05) is 50.6 Å². The molecule has 6 nitrogen and oxygen atoms in total. The van der Waals surface area contributed by atoms with E-state index >= 15 is 0 Å². The number of aromatic nitrogens is 1. The third-order valence-corrected chi connectivity index (χ3v) is 7.44. The molecule has 1 atom stereocenters. The molecule has 170 valence electrons. The van der Waals surface area contributed by atoms with Gasteiger partial charge in [-0.05, 0) is 56.6 Å². The second-order valence-electron chi connectivity index (χ2n) is 9.84. The van der Waals surface area contributed by atoms with Crippen LogP contribution < -0.4 is 4.90 Å². The number of amides is 2. The zero-order chi connectivity index (χ0) is 22.1. The van der Waals surface area contributed by atoms with Crippen LogP contribution in [0.4, 0.5) is 5.82 Å². The van der Waals surface area contributed by atoms with Gasteiger partial charge >= 0.3 is 0 Å². The summed E-state index contributed by atoms with van der Waals surface area (Å²) in [7, 11) is 0. The van der Waals surface area contributed by atoms with Crippen LogP contribution in [-0.4, -0.2) is 65.9 Å². The predicted molar refractivity (Wildman–Crippen MR) is 127 cm³/mol. The number of nitrogens with zero attached hydrogens (tertiary/aromatic N) is 4. The third-order valence-electron chi connectivity index (χ3n) is 7.44. The molecule has 4 heterocycles. The molecule has 0 saturated carbocycles. The van der Waals surface area contributed by atoms with Crippen LogP contribution in [0.3, 0.4) is 0 Å². The van der Waals surface area contributed by atoms with Crippen LogP contribution in [-0.2, 0) is 4.79 Å². The van der Waals surface area contributed by atoms with Crippen molar-refractivity contribution in [2.24, 2.45) is 11.8 Å². The number of rotatable bonds is 3. The number of hydrogen-bond acceptors (Lipinski definition) is 4. The Morgan fingerprint density at radius 2 is 1.66 bits per heavy atom. The number of carbonyl (C=O) groups excluding carboxylic acids is 2. The number of likely N-dealkylation sites (tertiary alicyclic amines) is 2. The van der Waals surface area contributed by atoms with Crippen molar-refractivity contribution in [3.05, 3.63) is 35.9 Å². The summed E-state index contributed by atoms with van der Waals surface area (Å²) in [4.78, 5) is 37.8. The molecule has 0 aliphatic carbocycles. The number of fused-ring (bicyclic) bond motifs is 1. The van der Waals surface area contributed by atoms with E-state index in [1.165, 1.54) is 6.42 Å². The number of carbonyl (C=O) groups is 2. The second kappa shape index (κ2) is 9.08. The van der Waals surface area contributed by atoms with Crippen LogP contribution >= 0.6 is 0 Å². The van der Waals surface area contributed by atoms with Gasteiger partial charge in [-0.3, -0.25) is 9.59 Å². The summed E-state index contributed by atoms with van der Waals surface area (Å²) >= 11 is 0. The highest BCUT2D eigenvalue weighted by atomic mass is 16.2. The molecule has 1 aromatic heterocycles. The molecule has 3 aliphatic rings. The van der Waals surface area contributed by atoms with Crippen molar-refractivity contribution in [1.29, 1.82) is 0 Å². The van der Waals surface area contributed by atoms with Crippen LogP contribution in [0.2, 0.25) is 0 Å². The molecule has 1 aromatic carbocycles. The van der Waals surface area contributed by atoms with E-state index < -0.39 is 0 Å². The number of hydrogen-bond donors (Lipinski definition) is 0. The fraction of sp³-hybridized carbons (Fsp3) is 0.577. The van der Waals surface area contributed by atoms with E-state index in [2.05, 4.69) is 16.7 Å². The van der Waals surface area contributed by atoms with Gasteiger partial charge in [0.2, 0.25) is 5.91 Å². The Labute approximate surface area is 190 Å². The van der Waals surface area contributed by atoms with Gasteiger partial charge in [0.05, 0.1) is 11.1 Å². The summed E-state index contributed by atoms with van der Waals surface area (Å²) in [6, 6.07) is 10.0. The van der Waals surface area contributed by atoms with E-state index in [9.17, 15) is 9.59 Å². The smallest absolute Gasteiger partial charge is 0.257 e. The van der Waals surface area contributed by atoms with Gasteiger partial charge < -0.3 is 14.7 Å². The fourth-order valence-electron chi connectivity index (χ4n) is 5.58. The van der Waals surface area contributed by atoms with Crippen molar-refractivity contribution in [2.75, 3.05) is 44.2 Å². The number of benzene rings is 1. The van der Waals surface area contributed by atoms with Crippen molar-refractivity contribution in [1.82, 2.24) is 14.8 Å². The Morgan fingerprint density at radius 1 is 0.906 bits per heavy atom. The van der Waals surface area contributed by atoms with Crippen LogP contribution in [0.1, 0.15) is 55.8 Å². The molecule has 1 unspecified atom stereocenters. The number of anilines is 1. The predicted octanol–water partition coefficient (Wildman–Crippen LogP) is 3.95. The molecule has 0 bridgehead atoms.